The lowest BCUT2D eigenvalue weighted by molar-refractivity contribution is 0.0195. The highest BCUT2D eigenvalue weighted by Crippen LogP contribution is 2.26. The molecular weight excluding hydrogens is 320 g/mol. The van der Waals surface area contributed by atoms with E-state index in [-0.39, 0.29) is 30.3 Å². The molecule has 25 heavy (non-hydrogen) atoms. The normalized spacial score (nSPS) is 11.8. The van der Waals surface area contributed by atoms with Gasteiger partial charge in [-0.3, -0.25) is 4.79 Å². The minimum absolute atomic E-state index is 0.0155. The molecule has 2 N–H and O–H groups in total. The lowest BCUT2D eigenvalue weighted by atomic mass is 10.0. The summed E-state index contributed by atoms with van der Waals surface area (Å²) in [7, 11) is 0. The lowest BCUT2D eigenvalue weighted by Crippen LogP contribution is -2.23. The zero-order valence-corrected chi connectivity index (χ0v) is 14.1. The quantitative estimate of drug-likeness (QED) is 0.541. The number of rotatable bonds is 9. The molecule has 1 atom stereocenters. The number of aliphatic hydroxyl groups excluding tert-OH is 1. The zero-order valence-electron chi connectivity index (χ0n) is 14.1. The molecule has 5 heteroatoms. The van der Waals surface area contributed by atoms with Gasteiger partial charge in [-0.05, 0) is 19.1 Å². The summed E-state index contributed by atoms with van der Waals surface area (Å²) in [5.74, 6) is -0.0710. The van der Waals surface area contributed by atoms with Gasteiger partial charge >= 0.3 is 0 Å². The number of carbonyl (C=O) groups excluding carboxylic acids is 1. The molecule has 0 saturated heterocycles. The SMILES string of the molecule is C=C(C)COCC(O)COc1ccc(C(=O)c2ccccc2)c(O)c1. The van der Waals surface area contributed by atoms with Gasteiger partial charge in [-0.2, -0.15) is 0 Å². The molecule has 0 radical (unpaired) electrons. The predicted octanol–water partition coefficient (Wildman–Crippen LogP) is 2.96. The molecule has 0 aliphatic carbocycles. The summed E-state index contributed by atoms with van der Waals surface area (Å²) in [5, 5.41) is 19.9. The van der Waals surface area contributed by atoms with Crippen molar-refractivity contribution in [2.24, 2.45) is 0 Å². The molecule has 0 saturated carbocycles. The van der Waals surface area contributed by atoms with E-state index in [4.69, 9.17) is 9.47 Å². The Balaban J connectivity index is 1.93. The topological polar surface area (TPSA) is 76.0 Å². The molecule has 0 aromatic heterocycles. The highest BCUT2D eigenvalue weighted by atomic mass is 16.5. The van der Waals surface area contributed by atoms with Crippen LogP contribution < -0.4 is 4.74 Å². The van der Waals surface area contributed by atoms with Crippen molar-refractivity contribution in [1.29, 1.82) is 0 Å². The van der Waals surface area contributed by atoms with Crippen molar-refractivity contribution in [2.75, 3.05) is 19.8 Å². The summed E-state index contributed by atoms with van der Waals surface area (Å²) in [4.78, 5) is 12.4. The van der Waals surface area contributed by atoms with Crippen LogP contribution in [-0.4, -0.2) is 41.9 Å². The molecule has 2 aromatic carbocycles. The number of aliphatic hydroxyl groups is 1. The largest absolute Gasteiger partial charge is 0.507 e. The number of ether oxygens (including phenoxy) is 2. The van der Waals surface area contributed by atoms with Crippen LogP contribution in [0.4, 0.5) is 0 Å². The van der Waals surface area contributed by atoms with E-state index in [1.807, 2.05) is 13.0 Å². The molecule has 1 unspecified atom stereocenters. The van der Waals surface area contributed by atoms with Gasteiger partial charge in [0.25, 0.3) is 0 Å². The molecular formula is C20H22O5. The number of aromatic hydroxyl groups is 1. The Labute approximate surface area is 147 Å². The number of hydrogen-bond acceptors (Lipinski definition) is 5. The Kier molecular flexibility index (Phi) is 6.74. The number of benzene rings is 2. The molecule has 0 heterocycles. The highest BCUT2D eigenvalue weighted by molar-refractivity contribution is 6.10. The molecule has 5 nitrogen and oxygen atoms in total. The van der Waals surface area contributed by atoms with Crippen molar-refractivity contribution in [3.8, 4) is 11.5 Å². The minimum Gasteiger partial charge on any atom is -0.507 e. The fraction of sp³-hybridized carbons (Fsp3) is 0.250. The third-order valence-corrected chi connectivity index (χ3v) is 3.35. The summed E-state index contributed by atoms with van der Waals surface area (Å²) < 4.78 is 10.7. The first kappa shape index (κ1) is 18.7. The van der Waals surface area contributed by atoms with Crippen LogP contribution in [0.1, 0.15) is 22.8 Å². The van der Waals surface area contributed by atoms with E-state index in [2.05, 4.69) is 6.58 Å². The van der Waals surface area contributed by atoms with Crippen LogP contribution in [-0.2, 0) is 4.74 Å². The predicted molar refractivity (Wildman–Crippen MR) is 95.1 cm³/mol. The molecule has 0 spiro atoms. The van der Waals surface area contributed by atoms with Gasteiger partial charge in [0.15, 0.2) is 5.78 Å². The average Bonchev–Trinajstić information content (AvgIpc) is 2.60. The van der Waals surface area contributed by atoms with E-state index in [9.17, 15) is 15.0 Å². The summed E-state index contributed by atoms with van der Waals surface area (Å²) in [6.45, 7) is 6.07. The first-order valence-electron chi connectivity index (χ1n) is 7.93. The van der Waals surface area contributed by atoms with Crippen molar-refractivity contribution < 1.29 is 24.5 Å². The second kappa shape index (κ2) is 9.01. The smallest absolute Gasteiger partial charge is 0.196 e. The Morgan fingerprint density at radius 3 is 2.52 bits per heavy atom. The van der Waals surface area contributed by atoms with E-state index in [0.29, 0.717) is 17.9 Å². The van der Waals surface area contributed by atoms with Gasteiger partial charge in [-0.15, -0.1) is 0 Å². The molecule has 132 valence electrons. The van der Waals surface area contributed by atoms with Gasteiger partial charge in [0.2, 0.25) is 0 Å². The number of phenolic OH excluding ortho intramolecular Hbond substituents is 1. The Morgan fingerprint density at radius 1 is 1.16 bits per heavy atom. The van der Waals surface area contributed by atoms with Gasteiger partial charge in [0.1, 0.15) is 24.2 Å². The fourth-order valence-corrected chi connectivity index (χ4v) is 2.15. The van der Waals surface area contributed by atoms with Crippen molar-refractivity contribution >= 4 is 5.78 Å². The summed E-state index contributed by atoms with van der Waals surface area (Å²) in [6.07, 6.45) is -0.799. The number of ketones is 1. The first-order chi connectivity index (χ1) is 12.0. The molecule has 2 rings (SSSR count). The number of carbonyl (C=O) groups is 1. The van der Waals surface area contributed by atoms with Gasteiger partial charge in [0, 0.05) is 11.6 Å². The van der Waals surface area contributed by atoms with Crippen LogP contribution >= 0.6 is 0 Å². The van der Waals surface area contributed by atoms with Crippen molar-refractivity contribution in [1.82, 2.24) is 0 Å². The Bertz CT molecular complexity index is 724. The van der Waals surface area contributed by atoms with E-state index in [0.717, 1.165) is 5.57 Å². The van der Waals surface area contributed by atoms with Crippen LogP contribution in [0.3, 0.4) is 0 Å². The Morgan fingerprint density at radius 2 is 1.88 bits per heavy atom. The van der Waals surface area contributed by atoms with Crippen LogP contribution in [0, 0.1) is 0 Å². The zero-order chi connectivity index (χ0) is 18.2. The monoisotopic (exact) mass is 342 g/mol. The summed E-state index contributed by atoms with van der Waals surface area (Å²) >= 11 is 0. The summed E-state index contributed by atoms with van der Waals surface area (Å²) in [6, 6.07) is 13.2. The van der Waals surface area contributed by atoms with Crippen LogP contribution in [0.5, 0.6) is 11.5 Å². The van der Waals surface area contributed by atoms with E-state index in [1.165, 1.54) is 12.1 Å². The number of phenols is 1. The van der Waals surface area contributed by atoms with Gasteiger partial charge in [0.05, 0.1) is 18.8 Å². The van der Waals surface area contributed by atoms with Crippen molar-refractivity contribution in [2.45, 2.75) is 13.0 Å². The molecule has 0 fully saturated rings. The van der Waals surface area contributed by atoms with Crippen LogP contribution in [0.25, 0.3) is 0 Å². The maximum absolute atomic E-state index is 12.4. The highest BCUT2D eigenvalue weighted by Gasteiger charge is 2.14. The third-order valence-electron chi connectivity index (χ3n) is 3.35. The third kappa shape index (κ3) is 5.74. The van der Waals surface area contributed by atoms with Crippen LogP contribution in [0.15, 0.2) is 60.7 Å². The van der Waals surface area contributed by atoms with Crippen molar-refractivity contribution in [3.05, 3.63) is 71.8 Å². The Hall–Kier alpha value is -2.63. The van der Waals surface area contributed by atoms with Crippen LogP contribution in [0.2, 0.25) is 0 Å². The standard InChI is InChI=1S/C20H22O5/c1-14(2)11-24-12-16(21)13-25-17-8-9-18(19(22)10-17)20(23)15-6-4-3-5-7-15/h3-10,16,21-22H,1,11-13H2,2H3. The van der Waals surface area contributed by atoms with Gasteiger partial charge < -0.3 is 19.7 Å². The van der Waals surface area contributed by atoms with Gasteiger partial charge in [-0.1, -0.05) is 42.5 Å². The summed E-state index contributed by atoms with van der Waals surface area (Å²) in [5.41, 5.74) is 1.57. The van der Waals surface area contributed by atoms with Crippen molar-refractivity contribution in [3.63, 3.8) is 0 Å². The average molecular weight is 342 g/mol. The molecule has 2 aromatic rings. The maximum atomic E-state index is 12.4. The minimum atomic E-state index is -0.799. The van der Waals surface area contributed by atoms with E-state index in [1.54, 1.807) is 30.3 Å². The second-order valence-corrected chi connectivity index (χ2v) is 5.81. The first-order valence-corrected chi connectivity index (χ1v) is 7.93. The van der Waals surface area contributed by atoms with E-state index >= 15 is 0 Å². The van der Waals surface area contributed by atoms with E-state index < -0.39 is 6.10 Å². The molecule has 0 aliphatic heterocycles. The van der Waals surface area contributed by atoms with Gasteiger partial charge in [-0.25, -0.2) is 0 Å². The maximum Gasteiger partial charge on any atom is 0.196 e. The molecule has 0 amide bonds. The lowest BCUT2D eigenvalue weighted by Gasteiger charge is -2.13. The molecule has 0 bridgehead atoms. The fourth-order valence-electron chi connectivity index (χ4n) is 2.15. The second-order valence-electron chi connectivity index (χ2n) is 5.81. The number of hydrogen-bond donors (Lipinski definition) is 2. The molecule has 0 aliphatic rings.